The van der Waals surface area contributed by atoms with E-state index in [-0.39, 0.29) is 0 Å². The van der Waals surface area contributed by atoms with E-state index in [9.17, 15) is 5.11 Å². The molecule has 1 aromatic rings. The summed E-state index contributed by atoms with van der Waals surface area (Å²) < 4.78 is 0. The molecule has 136 valence electrons. The lowest BCUT2D eigenvalue weighted by molar-refractivity contribution is 0.0677. The van der Waals surface area contributed by atoms with Gasteiger partial charge in [-0.05, 0) is 68.1 Å². The van der Waals surface area contributed by atoms with Gasteiger partial charge in [-0.3, -0.25) is 0 Å². The summed E-state index contributed by atoms with van der Waals surface area (Å²) in [5.41, 5.74) is 0.00581. The van der Waals surface area contributed by atoms with Crippen molar-refractivity contribution in [3.05, 3.63) is 22.4 Å². The van der Waals surface area contributed by atoms with Crippen molar-refractivity contribution >= 4 is 17.3 Å². The first kappa shape index (κ1) is 19.2. The van der Waals surface area contributed by atoms with Gasteiger partial charge in [0.15, 0.2) is 5.96 Å². The molecule has 2 rings (SSSR count). The summed E-state index contributed by atoms with van der Waals surface area (Å²) in [6, 6.07) is 1.96. The number of likely N-dealkylation sites (tertiary alicyclic amines) is 1. The van der Waals surface area contributed by atoms with Gasteiger partial charge in [-0.25, -0.2) is 4.99 Å². The molecule has 0 aromatic carbocycles. The number of nitrogens with one attached hydrogen (secondary N) is 2. The van der Waals surface area contributed by atoms with Crippen LogP contribution in [0.2, 0.25) is 0 Å². The third kappa shape index (κ3) is 5.76. The summed E-state index contributed by atoms with van der Waals surface area (Å²) in [5.74, 6) is 1.47. The lowest BCUT2D eigenvalue weighted by Gasteiger charge is -2.21. The molecule has 2 unspecified atom stereocenters. The minimum atomic E-state index is -0.923. The van der Waals surface area contributed by atoms with Gasteiger partial charge in [-0.15, -0.1) is 0 Å². The van der Waals surface area contributed by atoms with Crippen LogP contribution in [0.3, 0.4) is 0 Å². The Bertz CT molecular complexity index is 501. The maximum Gasteiger partial charge on any atom is 0.191 e. The SMILES string of the molecule is CCCN1CCC(CNC(=NCC(C)(O)c2ccsc2)NCC)C1. The molecule has 0 radical (unpaired) electrons. The first-order chi connectivity index (χ1) is 11.5. The second-order valence-corrected chi connectivity index (χ2v) is 7.60. The Morgan fingerprint density at radius 2 is 2.29 bits per heavy atom. The summed E-state index contributed by atoms with van der Waals surface area (Å²) in [4.78, 5) is 7.13. The molecular formula is C18H32N4OS. The minimum absolute atomic E-state index is 0.353. The van der Waals surface area contributed by atoms with Crippen molar-refractivity contribution < 1.29 is 5.11 Å². The van der Waals surface area contributed by atoms with Gasteiger partial charge in [0.2, 0.25) is 0 Å². The molecule has 0 spiro atoms. The zero-order chi connectivity index (χ0) is 17.4. The Morgan fingerprint density at radius 1 is 1.46 bits per heavy atom. The Balaban J connectivity index is 1.85. The van der Waals surface area contributed by atoms with Crippen molar-refractivity contribution in [1.82, 2.24) is 15.5 Å². The lowest BCUT2D eigenvalue weighted by atomic mass is 10.00. The molecule has 6 heteroatoms. The average molecular weight is 353 g/mol. The molecule has 1 aliphatic heterocycles. The molecule has 1 aliphatic rings. The lowest BCUT2D eigenvalue weighted by Crippen LogP contribution is -2.41. The molecule has 0 amide bonds. The van der Waals surface area contributed by atoms with Gasteiger partial charge in [-0.1, -0.05) is 6.92 Å². The topological polar surface area (TPSA) is 59.9 Å². The summed E-state index contributed by atoms with van der Waals surface area (Å²) in [6.07, 6.45) is 2.47. The third-order valence-electron chi connectivity index (χ3n) is 4.50. The zero-order valence-corrected chi connectivity index (χ0v) is 16.0. The Kier molecular flexibility index (Phi) is 7.52. The molecular weight excluding hydrogens is 320 g/mol. The molecule has 2 atom stereocenters. The number of aliphatic hydroxyl groups is 1. The van der Waals surface area contributed by atoms with Crippen molar-refractivity contribution in [3.8, 4) is 0 Å². The van der Waals surface area contributed by atoms with Gasteiger partial charge in [0.25, 0.3) is 0 Å². The van der Waals surface area contributed by atoms with E-state index in [0.29, 0.717) is 12.5 Å². The molecule has 1 aromatic heterocycles. The number of thiophene rings is 1. The van der Waals surface area contributed by atoms with Crippen LogP contribution in [-0.4, -0.2) is 55.2 Å². The number of hydrogen-bond donors (Lipinski definition) is 3. The van der Waals surface area contributed by atoms with Crippen molar-refractivity contribution in [1.29, 1.82) is 0 Å². The number of hydrogen-bond acceptors (Lipinski definition) is 4. The number of guanidine groups is 1. The van der Waals surface area contributed by atoms with E-state index in [1.165, 1.54) is 32.5 Å². The van der Waals surface area contributed by atoms with Crippen LogP contribution in [-0.2, 0) is 5.60 Å². The van der Waals surface area contributed by atoms with Gasteiger partial charge in [0.1, 0.15) is 5.60 Å². The third-order valence-corrected chi connectivity index (χ3v) is 5.18. The highest BCUT2D eigenvalue weighted by Crippen LogP contribution is 2.23. The standard InChI is InChI=1S/C18H32N4OS/c1-4-8-22-9-6-15(12-22)11-20-17(19-5-2)21-14-18(3,23)16-7-10-24-13-16/h7,10,13,15,23H,4-6,8-9,11-12,14H2,1-3H3,(H2,19,20,21). The van der Waals surface area contributed by atoms with Crippen LogP contribution in [0.5, 0.6) is 0 Å². The molecule has 3 N–H and O–H groups in total. The highest BCUT2D eigenvalue weighted by Gasteiger charge is 2.24. The molecule has 0 saturated carbocycles. The van der Waals surface area contributed by atoms with Crippen LogP contribution >= 0.6 is 11.3 Å². The fraction of sp³-hybridized carbons (Fsp3) is 0.722. The van der Waals surface area contributed by atoms with E-state index in [0.717, 1.165) is 24.6 Å². The Labute approximate surface area is 150 Å². The highest BCUT2D eigenvalue weighted by molar-refractivity contribution is 7.08. The van der Waals surface area contributed by atoms with Crippen molar-refractivity contribution in [2.75, 3.05) is 39.3 Å². The summed E-state index contributed by atoms with van der Waals surface area (Å²) in [6.45, 7) is 11.8. The zero-order valence-electron chi connectivity index (χ0n) is 15.2. The smallest absolute Gasteiger partial charge is 0.191 e. The predicted octanol–water partition coefficient (Wildman–Crippen LogP) is 2.24. The highest BCUT2D eigenvalue weighted by atomic mass is 32.1. The largest absolute Gasteiger partial charge is 0.383 e. The summed E-state index contributed by atoms with van der Waals surface area (Å²) >= 11 is 1.60. The van der Waals surface area contributed by atoms with E-state index in [2.05, 4.69) is 34.4 Å². The van der Waals surface area contributed by atoms with Crippen LogP contribution in [0.25, 0.3) is 0 Å². The second kappa shape index (κ2) is 9.39. The van der Waals surface area contributed by atoms with Gasteiger partial charge in [-0.2, -0.15) is 11.3 Å². The van der Waals surface area contributed by atoms with E-state index in [1.54, 1.807) is 11.3 Å². The molecule has 1 saturated heterocycles. The second-order valence-electron chi connectivity index (χ2n) is 6.82. The monoisotopic (exact) mass is 352 g/mol. The molecule has 1 fully saturated rings. The maximum absolute atomic E-state index is 10.6. The van der Waals surface area contributed by atoms with Crippen LogP contribution in [0.1, 0.15) is 39.2 Å². The molecule has 0 aliphatic carbocycles. The van der Waals surface area contributed by atoms with Crippen LogP contribution < -0.4 is 10.6 Å². The van der Waals surface area contributed by atoms with Crippen LogP contribution in [0, 0.1) is 5.92 Å². The predicted molar refractivity (Wildman–Crippen MR) is 103 cm³/mol. The number of nitrogens with zero attached hydrogens (tertiary/aromatic N) is 2. The van der Waals surface area contributed by atoms with E-state index >= 15 is 0 Å². The first-order valence-corrected chi connectivity index (χ1v) is 9.99. The number of aliphatic imine (C=N–C) groups is 1. The summed E-state index contributed by atoms with van der Waals surface area (Å²) in [7, 11) is 0. The van der Waals surface area contributed by atoms with Gasteiger partial charge in [0, 0.05) is 19.6 Å². The minimum Gasteiger partial charge on any atom is -0.383 e. The van der Waals surface area contributed by atoms with E-state index < -0.39 is 5.60 Å². The average Bonchev–Trinajstić information content (AvgIpc) is 3.22. The molecule has 5 nitrogen and oxygen atoms in total. The van der Waals surface area contributed by atoms with E-state index in [1.807, 2.05) is 23.8 Å². The van der Waals surface area contributed by atoms with Crippen LogP contribution in [0.4, 0.5) is 0 Å². The maximum atomic E-state index is 10.6. The summed E-state index contributed by atoms with van der Waals surface area (Å²) in [5, 5.41) is 21.3. The fourth-order valence-electron chi connectivity index (χ4n) is 3.08. The van der Waals surface area contributed by atoms with Gasteiger partial charge < -0.3 is 20.6 Å². The van der Waals surface area contributed by atoms with Gasteiger partial charge in [0.05, 0.1) is 6.54 Å². The molecule has 2 heterocycles. The van der Waals surface area contributed by atoms with Crippen molar-refractivity contribution in [2.24, 2.45) is 10.9 Å². The van der Waals surface area contributed by atoms with E-state index in [4.69, 9.17) is 0 Å². The molecule has 0 bridgehead atoms. The first-order valence-electron chi connectivity index (χ1n) is 9.04. The van der Waals surface area contributed by atoms with Crippen molar-refractivity contribution in [3.63, 3.8) is 0 Å². The van der Waals surface area contributed by atoms with Gasteiger partial charge >= 0.3 is 0 Å². The van der Waals surface area contributed by atoms with Crippen LogP contribution in [0.15, 0.2) is 21.8 Å². The quantitative estimate of drug-likeness (QED) is 0.496. The molecule has 24 heavy (non-hydrogen) atoms. The Morgan fingerprint density at radius 3 is 2.96 bits per heavy atom. The van der Waals surface area contributed by atoms with Crippen molar-refractivity contribution in [2.45, 2.75) is 39.2 Å². The normalized spacial score (nSPS) is 21.7. The number of rotatable bonds is 8. The Hall–Kier alpha value is -1.11. The fourth-order valence-corrected chi connectivity index (χ4v) is 3.86.